The minimum atomic E-state index is 0.0987. The zero-order valence-corrected chi connectivity index (χ0v) is 10.7. The molecule has 2 aromatic carbocycles. The van der Waals surface area contributed by atoms with E-state index in [-0.39, 0.29) is 6.61 Å². The molecule has 2 heteroatoms. The van der Waals surface area contributed by atoms with E-state index < -0.39 is 0 Å². The van der Waals surface area contributed by atoms with Crippen molar-refractivity contribution in [2.75, 3.05) is 0 Å². The summed E-state index contributed by atoms with van der Waals surface area (Å²) in [5.41, 5.74) is 4.56. The van der Waals surface area contributed by atoms with E-state index >= 15 is 0 Å². The summed E-state index contributed by atoms with van der Waals surface area (Å²) in [5, 5.41) is 9.05. The van der Waals surface area contributed by atoms with Gasteiger partial charge in [0.25, 0.3) is 0 Å². The fourth-order valence-electron chi connectivity index (χ4n) is 1.78. The molecule has 2 rings (SSSR count). The lowest BCUT2D eigenvalue weighted by Gasteiger charge is -2.07. The molecule has 0 saturated carbocycles. The number of aliphatic hydroxyl groups excluding tert-OH is 1. The second-order valence-corrected chi connectivity index (χ2v) is 4.73. The summed E-state index contributed by atoms with van der Waals surface area (Å²) in [5.74, 6) is 0. The van der Waals surface area contributed by atoms with E-state index in [9.17, 15) is 0 Å². The predicted molar refractivity (Wildman–Crippen MR) is 70.2 cm³/mol. The third kappa shape index (κ3) is 2.34. The van der Waals surface area contributed by atoms with Crippen LogP contribution in [0.3, 0.4) is 0 Å². The Morgan fingerprint density at radius 1 is 1.06 bits per heavy atom. The number of benzene rings is 2. The van der Waals surface area contributed by atoms with Gasteiger partial charge in [0.05, 0.1) is 6.61 Å². The van der Waals surface area contributed by atoms with Crippen molar-refractivity contribution in [1.29, 1.82) is 0 Å². The molecule has 0 radical (unpaired) electrons. The van der Waals surface area contributed by atoms with Crippen LogP contribution >= 0.6 is 15.9 Å². The van der Waals surface area contributed by atoms with Gasteiger partial charge in [0.15, 0.2) is 0 Å². The van der Waals surface area contributed by atoms with E-state index in [0.29, 0.717) is 0 Å². The number of aryl methyl sites for hydroxylation is 1. The van der Waals surface area contributed by atoms with Crippen LogP contribution in [0.15, 0.2) is 46.9 Å². The van der Waals surface area contributed by atoms with Crippen molar-refractivity contribution in [1.82, 2.24) is 0 Å². The maximum absolute atomic E-state index is 9.05. The summed E-state index contributed by atoms with van der Waals surface area (Å²) in [4.78, 5) is 0. The van der Waals surface area contributed by atoms with E-state index in [1.165, 1.54) is 16.7 Å². The van der Waals surface area contributed by atoms with Crippen LogP contribution in [-0.4, -0.2) is 5.11 Å². The van der Waals surface area contributed by atoms with Gasteiger partial charge in [-0.3, -0.25) is 0 Å². The van der Waals surface area contributed by atoms with E-state index in [0.717, 1.165) is 10.0 Å². The summed E-state index contributed by atoms with van der Waals surface area (Å²) >= 11 is 3.43. The third-order valence-corrected chi connectivity index (χ3v) is 3.16. The van der Waals surface area contributed by atoms with E-state index in [2.05, 4.69) is 41.1 Å². The van der Waals surface area contributed by atoms with Gasteiger partial charge in [-0.05, 0) is 41.3 Å². The highest BCUT2D eigenvalue weighted by atomic mass is 79.9. The second-order valence-electron chi connectivity index (χ2n) is 3.81. The third-order valence-electron chi connectivity index (χ3n) is 2.63. The smallest absolute Gasteiger partial charge is 0.0681 e. The summed E-state index contributed by atoms with van der Waals surface area (Å²) in [6, 6.07) is 14.3. The molecule has 82 valence electrons. The van der Waals surface area contributed by atoms with Gasteiger partial charge in [0, 0.05) is 4.47 Å². The summed E-state index contributed by atoms with van der Waals surface area (Å²) in [7, 11) is 0. The van der Waals surface area contributed by atoms with Crippen molar-refractivity contribution < 1.29 is 5.11 Å². The highest BCUT2D eigenvalue weighted by Gasteiger charge is 2.02. The molecule has 0 spiro atoms. The first-order valence-electron chi connectivity index (χ1n) is 5.17. The van der Waals surface area contributed by atoms with Crippen LogP contribution in [0.2, 0.25) is 0 Å². The fourth-order valence-corrected chi connectivity index (χ4v) is 2.04. The first kappa shape index (κ1) is 11.4. The zero-order valence-electron chi connectivity index (χ0n) is 9.07. The van der Waals surface area contributed by atoms with Gasteiger partial charge in [-0.1, -0.05) is 46.3 Å². The lowest BCUT2D eigenvalue weighted by atomic mass is 9.99. The van der Waals surface area contributed by atoms with Gasteiger partial charge in [-0.25, -0.2) is 0 Å². The Kier molecular flexibility index (Phi) is 3.42. The lowest BCUT2D eigenvalue weighted by Crippen LogP contribution is -1.88. The topological polar surface area (TPSA) is 20.2 Å². The van der Waals surface area contributed by atoms with Crippen molar-refractivity contribution >= 4 is 15.9 Å². The number of hydrogen-bond acceptors (Lipinski definition) is 1. The largest absolute Gasteiger partial charge is 0.392 e. The number of rotatable bonds is 2. The average Bonchev–Trinajstić information content (AvgIpc) is 2.30. The minimum Gasteiger partial charge on any atom is -0.392 e. The van der Waals surface area contributed by atoms with E-state index in [1.54, 1.807) is 0 Å². The number of aliphatic hydroxyl groups is 1. The molecule has 0 fully saturated rings. The van der Waals surface area contributed by atoms with Crippen LogP contribution in [0, 0.1) is 6.92 Å². The van der Waals surface area contributed by atoms with E-state index in [1.807, 2.05) is 24.3 Å². The Labute approximate surface area is 104 Å². The van der Waals surface area contributed by atoms with Crippen molar-refractivity contribution in [2.45, 2.75) is 13.5 Å². The molecule has 0 aliphatic heterocycles. The van der Waals surface area contributed by atoms with Gasteiger partial charge in [-0.2, -0.15) is 0 Å². The molecule has 0 atom stereocenters. The summed E-state index contributed by atoms with van der Waals surface area (Å²) in [6.45, 7) is 2.16. The standard InChI is InChI=1S/C14H13BrO/c1-10-8-11(9-16)2-7-14(10)12-3-5-13(15)6-4-12/h2-8,16H,9H2,1H3. The van der Waals surface area contributed by atoms with Crippen LogP contribution < -0.4 is 0 Å². The van der Waals surface area contributed by atoms with Crippen molar-refractivity contribution in [3.63, 3.8) is 0 Å². The Morgan fingerprint density at radius 3 is 2.31 bits per heavy atom. The minimum absolute atomic E-state index is 0.0987. The Balaban J connectivity index is 2.44. The van der Waals surface area contributed by atoms with Gasteiger partial charge in [0.1, 0.15) is 0 Å². The van der Waals surface area contributed by atoms with Crippen molar-refractivity contribution in [3.8, 4) is 11.1 Å². The van der Waals surface area contributed by atoms with Crippen molar-refractivity contribution in [3.05, 3.63) is 58.1 Å². The van der Waals surface area contributed by atoms with Crippen LogP contribution in [0.1, 0.15) is 11.1 Å². The molecular weight excluding hydrogens is 264 g/mol. The Hall–Kier alpha value is -1.12. The lowest BCUT2D eigenvalue weighted by molar-refractivity contribution is 0.282. The van der Waals surface area contributed by atoms with Gasteiger partial charge >= 0.3 is 0 Å². The van der Waals surface area contributed by atoms with Crippen LogP contribution in [0.25, 0.3) is 11.1 Å². The molecule has 16 heavy (non-hydrogen) atoms. The van der Waals surface area contributed by atoms with Crippen LogP contribution in [-0.2, 0) is 6.61 Å². The zero-order chi connectivity index (χ0) is 11.5. The first-order valence-corrected chi connectivity index (χ1v) is 5.96. The molecule has 0 aliphatic rings. The highest BCUT2D eigenvalue weighted by molar-refractivity contribution is 9.10. The molecule has 0 amide bonds. The molecule has 0 aliphatic carbocycles. The summed E-state index contributed by atoms with van der Waals surface area (Å²) in [6.07, 6.45) is 0. The van der Waals surface area contributed by atoms with Crippen molar-refractivity contribution in [2.24, 2.45) is 0 Å². The highest BCUT2D eigenvalue weighted by Crippen LogP contribution is 2.25. The van der Waals surface area contributed by atoms with Gasteiger partial charge < -0.3 is 5.11 Å². The second kappa shape index (κ2) is 4.81. The predicted octanol–water partition coefficient (Wildman–Crippen LogP) is 3.92. The first-order chi connectivity index (χ1) is 7.70. The molecule has 1 nitrogen and oxygen atoms in total. The molecule has 1 N–H and O–H groups in total. The normalized spacial score (nSPS) is 10.4. The number of hydrogen-bond donors (Lipinski definition) is 1. The quantitative estimate of drug-likeness (QED) is 0.882. The van der Waals surface area contributed by atoms with E-state index in [4.69, 9.17) is 5.11 Å². The van der Waals surface area contributed by atoms with Crippen LogP contribution in [0.5, 0.6) is 0 Å². The molecule has 0 heterocycles. The molecule has 0 unspecified atom stereocenters. The fraction of sp³-hybridized carbons (Fsp3) is 0.143. The molecule has 2 aromatic rings. The van der Waals surface area contributed by atoms with Gasteiger partial charge in [0.2, 0.25) is 0 Å². The SMILES string of the molecule is Cc1cc(CO)ccc1-c1ccc(Br)cc1. The molecule has 0 saturated heterocycles. The number of halogens is 1. The maximum atomic E-state index is 9.05. The average molecular weight is 277 g/mol. The van der Waals surface area contributed by atoms with Crippen LogP contribution in [0.4, 0.5) is 0 Å². The molecular formula is C14H13BrO. The monoisotopic (exact) mass is 276 g/mol. The Morgan fingerprint density at radius 2 is 1.75 bits per heavy atom. The Bertz CT molecular complexity index is 489. The molecule has 0 bridgehead atoms. The van der Waals surface area contributed by atoms with Gasteiger partial charge in [-0.15, -0.1) is 0 Å². The summed E-state index contributed by atoms with van der Waals surface area (Å²) < 4.78 is 1.08. The maximum Gasteiger partial charge on any atom is 0.0681 e. The molecule has 0 aromatic heterocycles.